The number of benzene rings is 1. The van der Waals surface area contributed by atoms with Crippen LogP contribution in [0.5, 0.6) is 11.6 Å². The van der Waals surface area contributed by atoms with Gasteiger partial charge in [-0.05, 0) is 30.7 Å². The molecular formula is C22H14ClF6N3O4S. The van der Waals surface area contributed by atoms with E-state index in [4.69, 9.17) is 16.3 Å². The van der Waals surface area contributed by atoms with Crippen molar-refractivity contribution < 1.29 is 36.2 Å². The number of nitrogens with one attached hydrogen (secondary N) is 1. The average molecular weight is 566 g/mol. The third-order valence-electron chi connectivity index (χ3n) is 5.28. The van der Waals surface area contributed by atoms with Gasteiger partial charge < -0.3 is 9.84 Å². The van der Waals surface area contributed by atoms with Gasteiger partial charge >= 0.3 is 11.9 Å². The first kappa shape index (κ1) is 26.7. The molecule has 37 heavy (non-hydrogen) atoms. The predicted molar refractivity (Wildman–Crippen MR) is 123 cm³/mol. The van der Waals surface area contributed by atoms with Crippen LogP contribution in [0.2, 0.25) is 5.02 Å². The number of aromatic nitrogens is 3. The standard InChI is InChI=1S/C22H14ClF6N3O4S/c1-8-15-18(34)31-21(35)32(7-14(33)22(27,28)29)20(15)37-16(8)9-4-11(17(25)26)19(30-6-9)36-10-2-3-12(23)13(24)5-10/h2-6,14,17,33H,7H2,1H3,(H,31,34,35)/t14-/m1/s1. The third-order valence-corrected chi connectivity index (χ3v) is 6.95. The third kappa shape index (κ3) is 5.22. The summed E-state index contributed by atoms with van der Waals surface area (Å²) in [7, 11) is 0. The minimum atomic E-state index is -5.03. The summed E-state index contributed by atoms with van der Waals surface area (Å²) in [6, 6.07) is 4.28. The molecule has 0 aliphatic carbocycles. The van der Waals surface area contributed by atoms with Crippen LogP contribution in [0.15, 0.2) is 40.1 Å². The van der Waals surface area contributed by atoms with Crippen LogP contribution < -0.4 is 16.0 Å². The van der Waals surface area contributed by atoms with Crippen molar-refractivity contribution in [1.29, 1.82) is 0 Å². The first-order valence-corrected chi connectivity index (χ1v) is 11.4. The molecule has 0 saturated carbocycles. The molecule has 0 unspecified atom stereocenters. The zero-order chi connectivity index (χ0) is 27.2. The van der Waals surface area contributed by atoms with Crippen molar-refractivity contribution in [3.05, 3.63) is 73.3 Å². The van der Waals surface area contributed by atoms with E-state index in [1.807, 2.05) is 4.98 Å². The van der Waals surface area contributed by atoms with Gasteiger partial charge in [0.25, 0.3) is 12.0 Å². The molecule has 0 saturated heterocycles. The highest BCUT2D eigenvalue weighted by atomic mass is 35.5. The van der Waals surface area contributed by atoms with Crippen LogP contribution in [0.3, 0.4) is 0 Å². The maximum Gasteiger partial charge on any atom is 0.416 e. The number of pyridine rings is 1. The van der Waals surface area contributed by atoms with E-state index in [2.05, 4.69) is 4.98 Å². The van der Waals surface area contributed by atoms with Gasteiger partial charge in [0, 0.05) is 22.7 Å². The van der Waals surface area contributed by atoms with Crippen LogP contribution in [0.25, 0.3) is 20.7 Å². The highest BCUT2D eigenvalue weighted by Crippen LogP contribution is 2.40. The maximum atomic E-state index is 13.9. The average Bonchev–Trinajstić information content (AvgIpc) is 3.15. The van der Waals surface area contributed by atoms with E-state index >= 15 is 0 Å². The number of hydrogen-bond donors (Lipinski definition) is 2. The molecule has 0 amide bonds. The number of alkyl halides is 5. The highest BCUT2D eigenvalue weighted by Gasteiger charge is 2.39. The van der Waals surface area contributed by atoms with Gasteiger partial charge in [-0.15, -0.1) is 11.3 Å². The van der Waals surface area contributed by atoms with Crippen molar-refractivity contribution >= 4 is 33.2 Å². The number of halogens is 7. The quantitative estimate of drug-likeness (QED) is 0.298. The minimum absolute atomic E-state index is 0.0541. The fourth-order valence-electron chi connectivity index (χ4n) is 3.48. The smallest absolute Gasteiger partial charge is 0.416 e. The van der Waals surface area contributed by atoms with Crippen LogP contribution >= 0.6 is 22.9 Å². The second-order valence-electron chi connectivity index (χ2n) is 7.76. The normalized spacial score (nSPS) is 12.9. The van der Waals surface area contributed by atoms with Crippen molar-refractivity contribution in [2.24, 2.45) is 0 Å². The van der Waals surface area contributed by atoms with Crippen molar-refractivity contribution in [3.63, 3.8) is 0 Å². The number of ether oxygens (including phenoxy) is 1. The maximum absolute atomic E-state index is 13.9. The topological polar surface area (TPSA) is 97.2 Å². The molecule has 2 N–H and O–H groups in total. The molecule has 4 aromatic rings. The molecule has 0 bridgehead atoms. The molecule has 0 radical (unpaired) electrons. The van der Waals surface area contributed by atoms with E-state index in [0.29, 0.717) is 15.9 Å². The molecule has 1 atom stereocenters. The van der Waals surface area contributed by atoms with Gasteiger partial charge in [0.05, 0.1) is 22.5 Å². The molecule has 3 aromatic heterocycles. The van der Waals surface area contributed by atoms with E-state index in [0.717, 1.165) is 24.4 Å². The Balaban J connectivity index is 1.82. The number of hydrogen-bond acceptors (Lipinski definition) is 6. The summed E-state index contributed by atoms with van der Waals surface area (Å²) >= 11 is 6.30. The van der Waals surface area contributed by atoms with Gasteiger partial charge in [0.1, 0.15) is 16.4 Å². The number of aryl methyl sites for hydroxylation is 1. The molecule has 4 rings (SSSR count). The summed E-state index contributed by atoms with van der Waals surface area (Å²) in [5, 5.41) is 9.10. The molecule has 15 heteroatoms. The van der Waals surface area contributed by atoms with Gasteiger partial charge in [-0.3, -0.25) is 14.3 Å². The zero-order valence-corrected chi connectivity index (χ0v) is 19.9. The summed E-state index contributed by atoms with van der Waals surface area (Å²) in [6.07, 6.45) is -9.91. The second kappa shape index (κ2) is 9.84. The largest absolute Gasteiger partial charge is 0.438 e. The zero-order valence-electron chi connectivity index (χ0n) is 18.4. The molecule has 7 nitrogen and oxygen atoms in total. The summed E-state index contributed by atoms with van der Waals surface area (Å²) in [5.74, 6) is -1.54. The van der Waals surface area contributed by atoms with E-state index in [1.54, 1.807) is 0 Å². The molecule has 0 aliphatic heterocycles. The minimum Gasteiger partial charge on any atom is -0.438 e. The molecule has 1 aromatic carbocycles. The molecule has 3 heterocycles. The van der Waals surface area contributed by atoms with Gasteiger partial charge in [-0.1, -0.05) is 11.6 Å². The molecular weight excluding hydrogens is 552 g/mol. The number of aliphatic hydroxyl groups excluding tert-OH is 1. The van der Waals surface area contributed by atoms with Crippen molar-refractivity contribution in [1.82, 2.24) is 14.5 Å². The van der Waals surface area contributed by atoms with Gasteiger partial charge in [0.2, 0.25) is 5.88 Å². The molecule has 0 fully saturated rings. The van der Waals surface area contributed by atoms with Crippen molar-refractivity contribution in [2.75, 3.05) is 0 Å². The SMILES string of the molecule is Cc1c(-c2cnc(Oc3ccc(Cl)c(F)c3)c(C(F)F)c2)sc2c1c(=O)[nH]c(=O)n2C[C@@H](O)C(F)(F)F. The lowest BCUT2D eigenvalue weighted by Gasteiger charge is -2.15. The fourth-order valence-corrected chi connectivity index (χ4v) is 4.89. The number of rotatable bonds is 6. The Morgan fingerprint density at radius 1 is 1.24 bits per heavy atom. The lowest BCUT2D eigenvalue weighted by molar-refractivity contribution is -0.207. The fraction of sp³-hybridized carbons (Fsp3) is 0.227. The summed E-state index contributed by atoms with van der Waals surface area (Å²) in [5.41, 5.74) is -2.53. The van der Waals surface area contributed by atoms with Crippen LogP contribution in [0.4, 0.5) is 26.3 Å². The van der Waals surface area contributed by atoms with Crippen LogP contribution in [-0.4, -0.2) is 31.9 Å². The highest BCUT2D eigenvalue weighted by molar-refractivity contribution is 7.22. The number of thiophene rings is 1. The van der Waals surface area contributed by atoms with E-state index in [-0.39, 0.29) is 37.0 Å². The van der Waals surface area contributed by atoms with Crippen LogP contribution in [0.1, 0.15) is 17.6 Å². The van der Waals surface area contributed by atoms with Crippen molar-refractivity contribution in [2.45, 2.75) is 32.2 Å². The summed E-state index contributed by atoms with van der Waals surface area (Å²) < 4.78 is 86.0. The van der Waals surface area contributed by atoms with E-state index in [1.165, 1.54) is 13.0 Å². The first-order chi connectivity index (χ1) is 17.3. The molecule has 0 aliphatic rings. The number of aliphatic hydroxyl groups is 1. The Kier molecular flexibility index (Phi) is 7.10. The predicted octanol–water partition coefficient (Wildman–Crippen LogP) is 5.57. The van der Waals surface area contributed by atoms with Gasteiger partial charge in [-0.25, -0.2) is 22.9 Å². The van der Waals surface area contributed by atoms with E-state index in [9.17, 15) is 41.0 Å². The number of aromatic amines is 1. The Labute approximate surface area is 211 Å². The van der Waals surface area contributed by atoms with Crippen molar-refractivity contribution in [3.8, 4) is 22.1 Å². The first-order valence-electron chi connectivity index (χ1n) is 10.2. The Morgan fingerprint density at radius 2 is 1.95 bits per heavy atom. The number of H-pyrrole nitrogens is 1. The van der Waals surface area contributed by atoms with Crippen LogP contribution in [0, 0.1) is 12.7 Å². The lowest BCUT2D eigenvalue weighted by Crippen LogP contribution is -2.38. The van der Waals surface area contributed by atoms with Crippen LogP contribution in [-0.2, 0) is 6.54 Å². The van der Waals surface area contributed by atoms with Gasteiger partial charge in [0.15, 0.2) is 6.10 Å². The Hall–Kier alpha value is -3.36. The monoisotopic (exact) mass is 565 g/mol. The van der Waals surface area contributed by atoms with E-state index < -0.39 is 53.8 Å². The summed E-state index contributed by atoms with van der Waals surface area (Å²) in [6.45, 7) is 0.224. The van der Waals surface area contributed by atoms with Gasteiger partial charge in [-0.2, -0.15) is 13.2 Å². The lowest BCUT2D eigenvalue weighted by atomic mass is 10.1. The molecule has 196 valence electrons. The Bertz CT molecular complexity index is 1620. The molecule has 0 spiro atoms. The number of nitrogens with zero attached hydrogens (tertiary/aromatic N) is 2. The summed E-state index contributed by atoms with van der Waals surface area (Å²) in [4.78, 5) is 30.5. The Morgan fingerprint density at radius 3 is 2.57 bits per heavy atom. The second-order valence-corrected chi connectivity index (χ2v) is 9.17. The number of fused-ring (bicyclic) bond motifs is 1.